The number of nitrogens with zero attached hydrogens (tertiary/aromatic N) is 5. The number of piperidine rings is 1. The number of fused-ring (bicyclic) bond motifs is 1. The predicted octanol–water partition coefficient (Wildman–Crippen LogP) is 3.68. The fourth-order valence-corrected chi connectivity index (χ4v) is 4.85. The maximum absolute atomic E-state index is 13.7. The van der Waals surface area contributed by atoms with E-state index in [0.29, 0.717) is 30.9 Å². The molecule has 2 unspecified atom stereocenters. The van der Waals surface area contributed by atoms with Crippen molar-refractivity contribution in [3.05, 3.63) is 29.6 Å². The van der Waals surface area contributed by atoms with E-state index in [1.165, 1.54) is 11.8 Å². The summed E-state index contributed by atoms with van der Waals surface area (Å²) in [7, 11) is 0. The van der Waals surface area contributed by atoms with E-state index in [4.69, 9.17) is 0 Å². The molecule has 0 spiro atoms. The molecule has 0 N–H and O–H groups in total. The zero-order valence-corrected chi connectivity index (χ0v) is 16.5. The lowest BCUT2D eigenvalue weighted by molar-refractivity contribution is -0.132. The number of carbonyl (C=O) groups is 1. The lowest BCUT2D eigenvalue weighted by atomic mass is 10.1. The highest BCUT2D eigenvalue weighted by atomic mass is 32.2. The number of aromatic nitrogens is 4. The van der Waals surface area contributed by atoms with Crippen molar-refractivity contribution in [2.75, 3.05) is 13.1 Å². The molecule has 0 aromatic carbocycles. The minimum atomic E-state index is -0.912. The summed E-state index contributed by atoms with van der Waals surface area (Å²) in [5.74, 6) is 0.687. The van der Waals surface area contributed by atoms with Crippen molar-refractivity contribution in [1.29, 1.82) is 0 Å². The van der Waals surface area contributed by atoms with Gasteiger partial charge in [0.1, 0.15) is 11.2 Å². The van der Waals surface area contributed by atoms with Gasteiger partial charge >= 0.3 is 0 Å². The Morgan fingerprint density at radius 2 is 2.30 bits per heavy atom. The molecular weight excluding hydrogens is 385 g/mol. The molecule has 4 rings (SSSR count). The molecule has 4 heterocycles. The zero-order chi connectivity index (χ0) is 18.8. The summed E-state index contributed by atoms with van der Waals surface area (Å²) in [5, 5.41) is 15.5. The van der Waals surface area contributed by atoms with E-state index < -0.39 is 6.17 Å². The molecule has 3 aromatic heterocycles. The molecule has 2 atom stereocenters. The number of carbonyl (C=O) groups excluding carboxylic acids is 1. The van der Waals surface area contributed by atoms with Crippen LogP contribution in [-0.2, 0) is 4.79 Å². The van der Waals surface area contributed by atoms with E-state index in [0.717, 1.165) is 16.3 Å². The molecule has 6 nitrogen and oxygen atoms in total. The lowest BCUT2D eigenvalue weighted by Crippen LogP contribution is -2.44. The first-order valence-electron chi connectivity index (χ1n) is 9.01. The second-order valence-electron chi connectivity index (χ2n) is 6.48. The summed E-state index contributed by atoms with van der Waals surface area (Å²) in [5.41, 5.74) is 0.665. The topological polar surface area (TPSA) is 63.4 Å². The Balaban J connectivity index is 1.56. The molecule has 0 aliphatic carbocycles. The summed E-state index contributed by atoms with van der Waals surface area (Å²) in [4.78, 5) is 15.5. The van der Waals surface area contributed by atoms with E-state index in [-0.39, 0.29) is 17.7 Å². The van der Waals surface area contributed by atoms with Crippen LogP contribution in [0.1, 0.15) is 26.2 Å². The molecule has 1 aliphatic rings. The molecule has 1 saturated heterocycles. The third kappa shape index (κ3) is 3.84. The molecule has 27 heavy (non-hydrogen) atoms. The summed E-state index contributed by atoms with van der Waals surface area (Å²) < 4.78 is 15.4. The van der Waals surface area contributed by atoms with Crippen LogP contribution in [0.25, 0.3) is 16.3 Å². The van der Waals surface area contributed by atoms with Crippen molar-refractivity contribution in [2.24, 2.45) is 0 Å². The largest absolute Gasteiger partial charge is 0.339 e. The summed E-state index contributed by atoms with van der Waals surface area (Å²) in [6, 6.07) is 7.65. The van der Waals surface area contributed by atoms with Crippen LogP contribution in [0.15, 0.2) is 34.7 Å². The van der Waals surface area contributed by atoms with Gasteiger partial charge in [0, 0.05) is 6.54 Å². The van der Waals surface area contributed by atoms with E-state index >= 15 is 0 Å². The van der Waals surface area contributed by atoms with Gasteiger partial charge in [-0.1, -0.05) is 24.8 Å². The Morgan fingerprint density at radius 3 is 3.04 bits per heavy atom. The Morgan fingerprint density at radius 1 is 1.41 bits per heavy atom. The van der Waals surface area contributed by atoms with Crippen LogP contribution in [0.5, 0.6) is 0 Å². The van der Waals surface area contributed by atoms with Crippen molar-refractivity contribution in [1.82, 2.24) is 24.7 Å². The van der Waals surface area contributed by atoms with Crippen molar-refractivity contribution in [2.45, 2.75) is 42.6 Å². The minimum absolute atomic E-state index is 0.00557. The average Bonchev–Trinajstić information content (AvgIpc) is 3.34. The molecule has 1 aliphatic heterocycles. The smallest absolute Gasteiger partial charge is 0.236 e. The van der Waals surface area contributed by atoms with Crippen LogP contribution in [0.4, 0.5) is 4.39 Å². The highest BCUT2D eigenvalue weighted by molar-refractivity contribution is 8.00. The van der Waals surface area contributed by atoms with Gasteiger partial charge in [-0.2, -0.15) is 9.61 Å². The maximum atomic E-state index is 13.7. The third-order valence-electron chi connectivity index (χ3n) is 4.56. The highest BCUT2D eigenvalue weighted by Crippen LogP contribution is 2.28. The number of hydrogen-bond acceptors (Lipinski definition) is 6. The summed E-state index contributed by atoms with van der Waals surface area (Å²) in [6.45, 7) is 2.81. The van der Waals surface area contributed by atoms with Gasteiger partial charge < -0.3 is 4.90 Å². The molecular formula is C18H20FN5OS2. The first-order chi connectivity index (χ1) is 13.2. The number of hydrogen-bond donors (Lipinski definition) is 0. The van der Waals surface area contributed by atoms with Crippen LogP contribution in [-0.4, -0.2) is 55.1 Å². The molecule has 0 saturated carbocycles. The molecule has 1 fully saturated rings. The van der Waals surface area contributed by atoms with E-state index in [9.17, 15) is 9.18 Å². The maximum Gasteiger partial charge on any atom is 0.236 e. The number of likely N-dealkylation sites (tertiary alicyclic amines) is 1. The number of alkyl halides is 1. The Hall–Kier alpha value is -2.00. The zero-order valence-electron chi connectivity index (χ0n) is 14.9. The number of halogens is 1. The second kappa shape index (κ2) is 7.93. The van der Waals surface area contributed by atoms with Crippen molar-refractivity contribution in [3.8, 4) is 10.7 Å². The van der Waals surface area contributed by atoms with E-state index in [2.05, 4.69) is 15.3 Å². The predicted molar refractivity (Wildman–Crippen MR) is 105 cm³/mol. The number of thiophene rings is 1. The molecule has 1 amide bonds. The van der Waals surface area contributed by atoms with Crippen molar-refractivity contribution >= 4 is 34.7 Å². The normalized spacial score (nSPS) is 18.7. The summed E-state index contributed by atoms with van der Waals surface area (Å²) in [6.07, 6.45) is 1.02. The van der Waals surface area contributed by atoms with Crippen LogP contribution < -0.4 is 0 Å². The fourth-order valence-electron chi connectivity index (χ4n) is 3.18. The highest BCUT2D eigenvalue weighted by Gasteiger charge is 2.29. The van der Waals surface area contributed by atoms with Crippen LogP contribution in [0.2, 0.25) is 0 Å². The van der Waals surface area contributed by atoms with Gasteiger partial charge in [0.05, 0.1) is 16.7 Å². The third-order valence-corrected chi connectivity index (χ3v) is 6.71. The second-order valence-corrected chi connectivity index (χ2v) is 8.65. The minimum Gasteiger partial charge on any atom is -0.339 e. The monoisotopic (exact) mass is 405 g/mol. The van der Waals surface area contributed by atoms with Crippen molar-refractivity contribution in [3.63, 3.8) is 0 Å². The SMILES string of the molecule is CCC(Sc1ccc2nnc(-c3cccs3)n2n1)C(=O)N1CCCC(F)C1. The standard InChI is InChI=1S/C18H20FN5OS2/c1-2-13(18(25)23-9-3-5-12(19)11-23)27-16-8-7-15-20-21-17(24(15)22-16)14-6-4-10-26-14/h4,6-8,10,12-13H,2-3,5,9,11H2,1H3. The molecule has 9 heteroatoms. The first kappa shape index (κ1) is 18.4. The number of thioether (sulfide) groups is 1. The van der Waals surface area contributed by atoms with Crippen LogP contribution >= 0.6 is 23.1 Å². The average molecular weight is 406 g/mol. The molecule has 142 valence electrons. The molecule has 0 radical (unpaired) electrons. The van der Waals surface area contributed by atoms with Crippen LogP contribution in [0, 0.1) is 0 Å². The van der Waals surface area contributed by atoms with Crippen molar-refractivity contribution < 1.29 is 9.18 Å². The summed E-state index contributed by atoms with van der Waals surface area (Å²) >= 11 is 3.00. The van der Waals surface area contributed by atoms with Gasteiger partial charge in [0.25, 0.3) is 0 Å². The number of amides is 1. The van der Waals surface area contributed by atoms with E-state index in [1.807, 2.05) is 36.6 Å². The first-order valence-corrected chi connectivity index (χ1v) is 10.8. The van der Waals surface area contributed by atoms with Crippen LogP contribution in [0.3, 0.4) is 0 Å². The number of rotatable bonds is 5. The Bertz CT molecular complexity index is 929. The van der Waals surface area contributed by atoms with Gasteiger partial charge in [-0.3, -0.25) is 4.79 Å². The van der Waals surface area contributed by atoms with Gasteiger partial charge in [0.15, 0.2) is 11.5 Å². The Kier molecular flexibility index (Phi) is 5.40. The molecule has 3 aromatic rings. The Labute approximate surface area is 164 Å². The molecule has 0 bridgehead atoms. The fraction of sp³-hybridized carbons (Fsp3) is 0.444. The van der Waals surface area contributed by atoms with Gasteiger partial charge in [-0.05, 0) is 42.8 Å². The van der Waals surface area contributed by atoms with Gasteiger partial charge in [-0.15, -0.1) is 21.5 Å². The quantitative estimate of drug-likeness (QED) is 0.606. The lowest BCUT2D eigenvalue weighted by Gasteiger charge is -2.31. The van der Waals surface area contributed by atoms with E-state index in [1.54, 1.807) is 20.8 Å². The van der Waals surface area contributed by atoms with Gasteiger partial charge in [-0.25, -0.2) is 4.39 Å². The van der Waals surface area contributed by atoms with Gasteiger partial charge in [0.2, 0.25) is 5.91 Å².